The molecular formula is C12H14N2O6. The van der Waals surface area contributed by atoms with E-state index in [-0.39, 0.29) is 18.3 Å². The van der Waals surface area contributed by atoms with E-state index in [1.54, 1.807) is 0 Å². The molecular weight excluding hydrogens is 268 g/mol. The molecule has 0 bridgehead atoms. The number of nitrogens with one attached hydrogen (secondary N) is 1. The SMILES string of the molecule is CC(=O)N[C@@H](C)C(=O)Oc1ccc(CO[N+](=O)[O-])cc1. The van der Waals surface area contributed by atoms with Crippen molar-refractivity contribution >= 4 is 11.9 Å². The molecule has 0 saturated carbocycles. The molecule has 0 unspecified atom stereocenters. The third-order valence-electron chi connectivity index (χ3n) is 2.25. The molecule has 8 nitrogen and oxygen atoms in total. The number of carbonyl (C=O) groups excluding carboxylic acids is 2. The van der Waals surface area contributed by atoms with E-state index in [1.165, 1.54) is 38.1 Å². The zero-order valence-corrected chi connectivity index (χ0v) is 11.0. The summed E-state index contributed by atoms with van der Waals surface area (Å²) in [4.78, 5) is 36.6. The molecule has 108 valence electrons. The summed E-state index contributed by atoms with van der Waals surface area (Å²) in [6.45, 7) is 2.63. The lowest BCUT2D eigenvalue weighted by atomic mass is 10.2. The summed E-state index contributed by atoms with van der Waals surface area (Å²) in [7, 11) is 0. The van der Waals surface area contributed by atoms with Crippen molar-refractivity contribution in [2.45, 2.75) is 26.5 Å². The Morgan fingerprint density at radius 2 is 1.95 bits per heavy atom. The Labute approximate surface area is 114 Å². The maximum atomic E-state index is 11.6. The fraction of sp³-hybridized carbons (Fsp3) is 0.333. The van der Waals surface area contributed by atoms with Gasteiger partial charge in [-0.3, -0.25) is 4.79 Å². The van der Waals surface area contributed by atoms with E-state index in [2.05, 4.69) is 10.2 Å². The first-order chi connectivity index (χ1) is 9.38. The Balaban J connectivity index is 2.54. The van der Waals surface area contributed by atoms with Gasteiger partial charge in [-0.2, -0.15) is 0 Å². The largest absolute Gasteiger partial charge is 0.425 e. The number of nitrogens with zero attached hydrogens (tertiary/aromatic N) is 1. The van der Waals surface area contributed by atoms with Gasteiger partial charge in [-0.05, 0) is 24.6 Å². The average molecular weight is 282 g/mol. The van der Waals surface area contributed by atoms with Gasteiger partial charge in [0.25, 0.3) is 5.09 Å². The fourth-order valence-electron chi connectivity index (χ4n) is 1.35. The number of ether oxygens (including phenoxy) is 1. The van der Waals surface area contributed by atoms with Crippen LogP contribution in [-0.4, -0.2) is 23.0 Å². The molecule has 0 saturated heterocycles. The van der Waals surface area contributed by atoms with Gasteiger partial charge in [0, 0.05) is 6.92 Å². The summed E-state index contributed by atoms with van der Waals surface area (Å²) >= 11 is 0. The van der Waals surface area contributed by atoms with E-state index in [0.29, 0.717) is 5.56 Å². The highest BCUT2D eigenvalue weighted by Gasteiger charge is 2.15. The van der Waals surface area contributed by atoms with Crippen molar-refractivity contribution in [3.63, 3.8) is 0 Å². The first kappa shape index (κ1) is 15.4. The molecule has 0 heterocycles. The second-order valence-electron chi connectivity index (χ2n) is 3.98. The van der Waals surface area contributed by atoms with E-state index in [4.69, 9.17) is 4.74 Å². The van der Waals surface area contributed by atoms with Crippen molar-refractivity contribution in [3.8, 4) is 5.75 Å². The number of hydrogen-bond donors (Lipinski definition) is 1. The normalized spacial score (nSPS) is 11.3. The van der Waals surface area contributed by atoms with Crippen LogP contribution in [0.25, 0.3) is 0 Å². The summed E-state index contributed by atoms with van der Waals surface area (Å²) in [5.74, 6) is -0.659. The van der Waals surface area contributed by atoms with Gasteiger partial charge in [0.1, 0.15) is 18.4 Å². The summed E-state index contributed by atoms with van der Waals surface area (Å²) in [5, 5.41) is 11.5. The molecule has 1 atom stereocenters. The van der Waals surface area contributed by atoms with Crippen molar-refractivity contribution in [3.05, 3.63) is 39.9 Å². The van der Waals surface area contributed by atoms with E-state index in [1.807, 2.05) is 0 Å². The lowest BCUT2D eigenvalue weighted by Gasteiger charge is -2.11. The molecule has 1 amide bonds. The maximum absolute atomic E-state index is 11.6. The standard InChI is InChI=1S/C12H14N2O6/c1-8(13-9(2)15)12(16)20-11-5-3-10(4-6-11)7-19-14(17)18/h3-6,8H,7H2,1-2H3,(H,13,15)/t8-/m0/s1. The number of carbonyl (C=O) groups is 2. The van der Waals surface area contributed by atoms with Crippen LogP contribution in [0.1, 0.15) is 19.4 Å². The molecule has 1 rings (SSSR count). The Bertz CT molecular complexity index is 499. The molecule has 0 aromatic heterocycles. The molecule has 0 aliphatic rings. The molecule has 8 heteroatoms. The van der Waals surface area contributed by atoms with E-state index in [0.717, 1.165) is 0 Å². The molecule has 20 heavy (non-hydrogen) atoms. The average Bonchev–Trinajstić information content (AvgIpc) is 2.37. The quantitative estimate of drug-likeness (QED) is 0.358. The van der Waals surface area contributed by atoms with Gasteiger partial charge >= 0.3 is 5.97 Å². The predicted molar refractivity (Wildman–Crippen MR) is 67.1 cm³/mol. The number of hydrogen-bond acceptors (Lipinski definition) is 6. The van der Waals surface area contributed by atoms with Crippen LogP contribution < -0.4 is 10.1 Å². The second-order valence-corrected chi connectivity index (χ2v) is 3.98. The van der Waals surface area contributed by atoms with Gasteiger partial charge in [-0.1, -0.05) is 12.1 Å². The van der Waals surface area contributed by atoms with Crippen molar-refractivity contribution in [1.29, 1.82) is 0 Å². The zero-order valence-electron chi connectivity index (χ0n) is 11.0. The second kappa shape index (κ2) is 7.07. The maximum Gasteiger partial charge on any atom is 0.333 e. The number of benzene rings is 1. The minimum atomic E-state index is -0.886. The van der Waals surface area contributed by atoms with Crippen LogP contribution in [0.3, 0.4) is 0 Å². The van der Waals surface area contributed by atoms with Gasteiger partial charge in [-0.25, -0.2) is 4.79 Å². The van der Waals surface area contributed by atoms with Crippen LogP contribution in [0.4, 0.5) is 0 Å². The van der Waals surface area contributed by atoms with Crippen LogP contribution in [0.2, 0.25) is 0 Å². The van der Waals surface area contributed by atoms with Crippen molar-refractivity contribution in [2.24, 2.45) is 0 Å². The van der Waals surface area contributed by atoms with Crippen molar-refractivity contribution in [2.75, 3.05) is 0 Å². The number of esters is 1. The predicted octanol–water partition coefficient (Wildman–Crippen LogP) is 0.825. The molecule has 1 aromatic carbocycles. The van der Waals surface area contributed by atoms with E-state index in [9.17, 15) is 19.7 Å². The minimum Gasteiger partial charge on any atom is -0.425 e. The monoisotopic (exact) mass is 282 g/mol. The third kappa shape index (κ3) is 5.34. The first-order valence-corrected chi connectivity index (χ1v) is 5.73. The zero-order chi connectivity index (χ0) is 15.1. The molecule has 0 spiro atoms. The van der Waals surface area contributed by atoms with Gasteiger partial charge in [0.15, 0.2) is 0 Å². The fourth-order valence-corrected chi connectivity index (χ4v) is 1.35. The smallest absolute Gasteiger partial charge is 0.333 e. The van der Waals surface area contributed by atoms with E-state index >= 15 is 0 Å². The van der Waals surface area contributed by atoms with Gasteiger partial charge in [0.2, 0.25) is 5.91 Å². The molecule has 0 aliphatic carbocycles. The molecule has 1 N–H and O–H groups in total. The van der Waals surface area contributed by atoms with Crippen molar-refractivity contribution < 1.29 is 24.3 Å². The Hall–Kier alpha value is -2.64. The van der Waals surface area contributed by atoms with Crippen LogP contribution in [0.15, 0.2) is 24.3 Å². The minimum absolute atomic E-state index is 0.177. The van der Waals surface area contributed by atoms with Gasteiger partial charge in [0.05, 0.1) is 0 Å². The summed E-state index contributed by atoms with van der Waals surface area (Å²) in [5.41, 5.74) is 0.566. The number of amides is 1. The molecule has 0 aliphatic heterocycles. The van der Waals surface area contributed by atoms with Crippen LogP contribution in [0.5, 0.6) is 5.75 Å². The molecule has 0 radical (unpaired) electrons. The topological polar surface area (TPSA) is 108 Å². The summed E-state index contributed by atoms with van der Waals surface area (Å²) in [6, 6.07) is 5.28. The van der Waals surface area contributed by atoms with Crippen LogP contribution in [0, 0.1) is 10.1 Å². The molecule has 1 aromatic rings. The summed E-state index contributed by atoms with van der Waals surface area (Å²) in [6.07, 6.45) is 0. The molecule has 0 fully saturated rings. The van der Waals surface area contributed by atoms with E-state index < -0.39 is 17.1 Å². The Morgan fingerprint density at radius 3 is 2.45 bits per heavy atom. The Morgan fingerprint density at radius 1 is 1.35 bits per heavy atom. The highest BCUT2D eigenvalue weighted by atomic mass is 16.9. The summed E-state index contributed by atoms with van der Waals surface area (Å²) < 4.78 is 5.03. The highest BCUT2D eigenvalue weighted by Crippen LogP contribution is 2.13. The van der Waals surface area contributed by atoms with Gasteiger partial charge in [-0.15, -0.1) is 10.1 Å². The third-order valence-corrected chi connectivity index (χ3v) is 2.25. The van der Waals surface area contributed by atoms with Gasteiger partial charge < -0.3 is 14.9 Å². The lowest BCUT2D eigenvalue weighted by Crippen LogP contribution is -2.39. The van der Waals surface area contributed by atoms with Crippen molar-refractivity contribution in [1.82, 2.24) is 5.32 Å². The highest BCUT2D eigenvalue weighted by molar-refractivity contribution is 5.84. The lowest BCUT2D eigenvalue weighted by molar-refractivity contribution is -0.763. The first-order valence-electron chi connectivity index (χ1n) is 5.73. The van der Waals surface area contributed by atoms with Crippen LogP contribution in [-0.2, 0) is 21.0 Å². The number of rotatable bonds is 6. The Kier molecular flexibility index (Phi) is 5.45. The van der Waals surface area contributed by atoms with Crippen LogP contribution >= 0.6 is 0 Å².